The third kappa shape index (κ3) is 3.56. The molecule has 0 saturated heterocycles. The van der Waals surface area contributed by atoms with E-state index in [-0.39, 0.29) is 0 Å². The molecule has 0 heterocycles. The number of benzene rings is 2. The Morgan fingerprint density at radius 3 is 2.29 bits per heavy atom. The van der Waals surface area contributed by atoms with Crippen LogP contribution in [0.1, 0.15) is 47.6 Å². The SMILES string of the molecule is CCC(c1ccccc1)C(NC)c1cc(C)c(Br)cc1C. The van der Waals surface area contributed by atoms with E-state index < -0.39 is 0 Å². The summed E-state index contributed by atoms with van der Waals surface area (Å²) in [5.41, 5.74) is 5.42. The maximum atomic E-state index is 3.63. The number of aryl methyl sites for hydroxylation is 2. The minimum absolute atomic E-state index is 0.337. The van der Waals surface area contributed by atoms with Crippen LogP contribution in [-0.4, -0.2) is 7.05 Å². The second-order valence-corrected chi connectivity index (χ2v) is 6.50. The van der Waals surface area contributed by atoms with Gasteiger partial charge in [0.15, 0.2) is 0 Å². The molecule has 2 atom stereocenters. The largest absolute Gasteiger partial charge is 0.312 e. The Kier molecular flexibility index (Phi) is 5.60. The van der Waals surface area contributed by atoms with Gasteiger partial charge in [0.2, 0.25) is 0 Å². The van der Waals surface area contributed by atoms with Crippen LogP contribution in [0.15, 0.2) is 46.9 Å². The molecule has 2 aromatic carbocycles. The van der Waals surface area contributed by atoms with Crippen molar-refractivity contribution in [3.05, 3.63) is 69.2 Å². The minimum atomic E-state index is 0.337. The van der Waals surface area contributed by atoms with E-state index in [0.29, 0.717) is 12.0 Å². The molecule has 0 aromatic heterocycles. The fourth-order valence-electron chi connectivity index (χ4n) is 3.08. The fraction of sp³-hybridized carbons (Fsp3) is 0.368. The van der Waals surface area contributed by atoms with Gasteiger partial charge in [0, 0.05) is 16.4 Å². The van der Waals surface area contributed by atoms with E-state index in [0.717, 1.165) is 6.42 Å². The van der Waals surface area contributed by atoms with Crippen LogP contribution in [0.3, 0.4) is 0 Å². The quantitative estimate of drug-likeness (QED) is 0.752. The van der Waals surface area contributed by atoms with Gasteiger partial charge in [0.1, 0.15) is 0 Å². The van der Waals surface area contributed by atoms with Crippen LogP contribution in [0.2, 0.25) is 0 Å². The molecule has 0 aliphatic carbocycles. The highest BCUT2D eigenvalue weighted by atomic mass is 79.9. The minimum Gasteiger partial charge on any atom is -0.312 e. The van der Waals surface area contributed by atoms with Crippen molar-refractivity contribution in [3.63, 3.8) is 0 Å². The number of halogens is 1. The number of nitrogens with one attached hydrogen (secondary N) is 1. The summed E-state index contributed by atoms with van der Waals surface area (Å²) in [6, 6.07) is 15.7. The molecule has 112 valence electrons. The van der Waals surface area contributed by atoms with Crippen LogP contribution in [0.25, 0.3) is 0 Å². The molecule has 0 aliphatic rings. The number of hydrogen-bond donors (Lipinski definition) is 1. The van der Waals surface area contributed by atoms with Gasteiger partial charge in [-0.25, -0.2) is 0 Å². The highest BCUT2D eigenvalue weighted by Gasteiger charge is 2.23. The lowest BCUT2D eigenvalue weighted by atomic mass is 9.83. The molecule has 0 fully saturated rings. The fourth-order valence-corrected chi connectivity index (χ4v) is 3.53. The maximum Gasteiger partial charge on any atom is 0.0389 e. The maximum absolute atomic E-state index is 3.63. The zero-order valence-electron chi connectivity index (χ0n) is 13.3. The standard InChI is InChI=1S/C19H24BrN/c1-5-16(15-9-7-6-8-10-15)19(21-4)17-11-14(3)18(20)12-13(17)2/h6-12,16,19,21H,5H2,1-4H3. The lowest BCUT2D eigenvalue weighted by Gasteiger charge is -2.28. The molecular weight excluding hydrogens is 322 g/mol. The lowest BCUT2D eigenvalue weighted by Crippen LogP contribution is -2.24. The molecule has 2 aromatic rings. The molecule has 0 saturated carbocycles. The molecule has 0 aliphatic heterocycles. The summed E-state index contributed by atoms with van der Waals surface area (Å²) in [6.07, 6.45) is 1.12. The zero-order chi connectivity index (χ0) is 15.4. The van der Waals surface area contributed by atoms with E-state index in [2.05, 4.69) is 91.5 Å². The van der Waals surface area contributed by atoms with E-state index in [1.807, 2.05) is 0 Å². The van der Waals surface area contributed by atoms with Gasteiger partial charge in [-0.3, -0.25) is 0 Å². The predicted octanol–water partition coefficient (Wildman–Crippen LogP) is 5.52. The third-order valence-electron chi connectivity index (χ3n) is 4.26. The number of rotatable bonds is 5. The highest BCUT2D eigenvalue weighted by Crippen LogP contribution is 2.36. The Labute approximate surface area is 136 Å². The Morgan fingerprint density at radius 1 is 1.05 bits per heavy atom. The van der Waals surface area contributed by atoms with Crippen LogP contribution in [0.4, 0.5) is 0 Å². The molecule has 21 heavy (non-hydrogen) atoms. The van der Waals surface area contributed by atoms with Crippen molar-refractivity contribution in [1.82, 2.24) is 5.32 Å². The molecule has 2 heteroatoms. The van der Waals surface area contributed by atoms with Gasteiger partial charge in [-0.05, 0) is 55.6 Å². The first-order chi connectivity index (χ1) is 10.1. The number of likely N-dealkylation sites (N-methyl/N-ethyl adjacent to an activating group) is 1. The molecule has 2 unspecified atom stereocenters. The van der Waals surface area contributed by atoms with Crippen molar-refractivity contribution in [1.29, 1.82) is 0 Å². The summed E-state index contributed by atoms with van der Waals surface area (Å²) in [6.45, 7) is 6.62. The number of hydrogen-bond acceptors (Lipinski definition) is 1. The molecule has 0 spiro atoms. The average molecular weight is 346 g/mol. The second kappa shape index (κ2) is 7.24. The molecule has 0 amide bonds. The van der Waals surface area contributed by atoms with Crippen molar-refractivity contribution in [2.24, 2.45) is 0 Å². The van der Waals surface area contributed by atoms with Gasteiger partial charge in [-0.1, -0.05) is 59.3 Å². The van der Waals surface area contributed by atoms with Crippen LogP contribution < -0.4 is 5.32 Å². The van der Waals surface area contributed by atoms with E-state index in [1.165, 1.54) is 26.7 Å². The zero-order valence-corrected chi connectivity index (χ0v) is 14.9. The van der Waals surface area contributed by atoms with Gasteiger partial charge in [0.05, 0.1) is 0 Å². The molecule has 0 bridgehead atoms. The second-order valence-electron chi connectivity index (χ2n) is 5.65. The molecular formula is C19H24BrN. The van der Waals surface area contributed by atoms with Gasteiger partial charge in [-0.2, -0.15) is 0 Å². The Morgan fingerprint density at radius 2 is 1.71 bits per heavy atom. The Balaban J connectivity index is 2.45. The van der Waals surface area contributed by atoms with Gasteiger partial charge in [0.25, 0.3) is 0 Å². The van der Waals surface area contributed by atoms with Crippen LogP contribution in [0, 0.1) is 13.8 Å². The van der Waals surface area contributed by atoms with Gasteiger partial charge < -0.3 is 5.32 Å². The third-order valence-corrected chi connectivity index (χ3v) is 5.12. The molecule has 1 nitrogen and oxygen atoms in total. The average Bonchev–Trinajstić information content (AvgIpc) is 2.50. The topological polar surface area (TPSA) is 12.0 Å². The smallest absolute Gasteiger partial charge is 0.0389 e. The van der Waals surface area contributed by atoms with Crippen molar-refractivity contribution in [3.8, 4) is 0 Å². The van der Waals surface area contributed by atoms with Gasteiger partial charge >= 0.3 is 0 Å². The van der Waals surface area contributed by atoms with Crippen molar-refractivity contribution >= 4 is 15.9 Å². The van der Waals surface area contributed by atoms with E-state index in [4.69, 9.17) is 0 Å². The summed E-state index contributed by atoms with van der Waals surface area (Å²) >= 11 is 3.63. The monoisotopic (exact) mass is 345 g/mol. The van der Waals surface area contributed by atoms with E-state index in [1.54, 1.807) is 0 Å². The highest BCUT2D eigenvalue weighted by molar-refractivity contribution is 9.10. The summed E-state index contributed by atoms with van der Waals surface area (Å²) in [4.78, 5) is 0. The van der Waals surface area contributed by atoms with Crippen molar-refractivity contribution in [2.75, 3.05) is 7.05 Å². The van der Waals surface area contributed by atoms with E-state index >= 15 is 0 Å². The molecule has 2 rings (SSSR count). The van der Waals surface area contributed by atoms with Crippen molar-refractivity contribution in [2.45, 2.75) is 39.2 Å². The lowest BCUT2D eigenvalue weighted by molar-refractivity contribution is 0.466. The van der Waals surface area contributed by atoms with E-state index in [9.17, 15) is 0 Å². The summed E-state index contributed by atoms with van der Waals surface area (Å²) in [7, 11) is 2.06. The van der Waals surface area contributed by atoms with Crippen molar-refractivity contribution < 1.29 is 0 Å². The van der Waals surface area contributed by atoms with Crippen LogP contribution in [-0.2, 0) is 0 Å². The molecule has 0 radical (unpaired) electrons. The Bertz CT molecular complexity index is 592. The first-order valence-corrected chi connectivity index (χ1v) is 8.36. The molecule has 1 N–H and O–H groups in total. The predicted molar refractivity (Wildman–Crippen MR) is 94.9 cm³/mol. The van der Waals surface area contributed by atoms with Gasteiger partial charge in [-0.15, -0.1) is 0 Å². The first-order valence-electron chi connectivity index (χ1n) is 7.57. The summed E-state index contributed by atoms with van der Waals surface area (Å²) in [5.74, 6) is 0.482. The summed E-state index contributed by atoms with van der Waals surface area (Å²) in [5, 5.41) is 3.54. The first kappa shape index (κ1) is 16.3. The van der Waals surface area contributed by atoms with Crippen LogP contribution >= 0.6 is 15.9 Å². The normalized spacial score (nSPS) is 14.0. The summed E-state index contributed by atoms with van der Waals surface area (Å²) < 4.78 is 1.19. The van der Waals surface area contributed by atoms with Crippen LogP contribution in [0.5, 0.6) is 0 Å². The Hall–Kier alpha value is -1.12.